The van der Waals surface area contributed by atoms with Gasteiger partial charge in [0.25, 0.3) is 0 Å². The molecule has 0 saturated heterocycles. The zero-order chi connectivity index (χ0) is 16.6. The molecule has 1 heterocycles. The molecular weight excluding hydrogens is 343 g/mol. The highest BCUT2D eigenvalue weighted by atomic mass is 35.5. The van der Waals surface area contributed by atoms with Crippen molar-refractivity contribution in [2.45, 2.75) is 6.17 Å². The van der Waals surface area contributed by atoms with Crippen molar-refractivity contribution in [2.75, 3.05) is 7.11 Å². The minimum atomic E-state index is -1.63. The van der Waals surface area contributed by atoms with Crippen LogP contribution < -0.4 is 10.1 Å². The molecule has 118 valence electrons. The summed E-state index contributed by atoms with van der Waals surface area (Å²) in [5.74, 6) is -4.90. The summed E-state index contributed by atoms with van der Waals surface area (Å²) in [5, 5.41) is 18.7. The van der Waals surface area contributed by atoms with Crippen molar-refractivity contribution in [1.29, 1.82) is 5.41 Å². The number of ether oxygens (including phenoxy) is 1. The fraction of sp³-hybridized carbons (Fsp3) is 0.167. The zero-order valence-electron chi connectivity index (χ0n) is 11.0. The first kappa shape index (κ1) is 16.3. The third-order valence-corrected chi connectivity index (χ3v) is 3.57. The molecule has 0 spiro atoms. The lowest BCUT2D eigenvalue weighted by Crippen LogP contribution is -2.52. The molecule has 0 fully saturated rings. The number of aliphatic carboxylic acids is 1. The van der Waals surface area contributed by atoms with Crippen molar-refractivity contribution in [3.8, 4) is 5.75 Å². The van der Waals surface area contributed by atoms with Gasteiger partial charge in [-0.05, 0) is 12.1 Å². The second kappa shape index (κ2) is 5.98. The van der Waals surface area contributed by atoms with Crippen molar-refractivity contribution in [1.82, 2.24) is 9.74 Å². The molecule has 0 saturated carbocycles. The highest BCUT2D eigenvalue weighted by molar-refractivity contribution is 6.32. The maximum absolute atomic E-state index is 14.3. The summed E-state index contributed by atoms with van der Waals surface area (Å²) in [7, 11) is 1.18. The average Bonchev–Trinajstić information content (AvgIpc) is 2.46. The minimum absolute atomic E-state index is 0.0376. The molecule has 1 atom stereocenters. The molecule has 1 aromatic carbocycles. The normalized spacial score (nSPS) is 18.3. The van der Waals surface area contributed by atoms with Gasteiger partial charge in [0.05, 0.1) is 17.8 Å². The molecule has 1 unspecified atom stereocenters. The number of carboxylic acid groups (broad SMARTS) is 1. The average molecular weight is 352 g/mol. The Morgan fingerprint density at radius 2 is 2.14 bits per heavy atom. The minimum Gasteiger partial charge on any atom is -0.492 e. The standard InChI is InChI=1S/C12H9Cl2F2N3O3/c1-22-9-5(13)3-2-4(6(9)15)8-7(16)10(17)19(14)11(18-8)12(20)21/h2-3,11,17-18H,1H3,(H,20,21). The smallest absolute Gasteiger partial charge is 0.348 e. The molecule has 1 aromatic rings. The summed E-state index contributed by atoms with van der Waals surface area (Å²) in [4.78, 5) is 11.1. The number of hydrogen-bond acceptors (Lipinski definition) is 4. The fourth-order valence-electron chi connectivity index (χ4n) is 1.87. The van der Waals surface area contributed by atoms with Gasteiger partial charge in [-0.2, -0.15) is 0 Å². The number of carboxylic acids is 1. The van der Waals surface area contributed by atoms with Crippen LogP contribution in [-0.2, 0) is 4.79 Å². The number of nitrogens with zero attached hydrogens (tertiary/aromatic N) is 1. The Balaban J connectivity index is 2.61. The van der Waals surface area contributed by atoms with Crippen LogP contribution in [0.1, 0.15) is 5.56 Å². The van der Waals surface area contributed by atoms with Gasteiger partial charge in [0, 0.05) is 17.3 Å². The highest BCUT2D eigenvalue weighted by Crippen LogP contribution is 2.35. The van der Waals surface area contributed by atoms with Crippen molar-refractivity contribution < 1.29 is 23.4 Å². The van der Waals surface area contributed by atoms with Crippen LogP contribution in [0.3, 0.4) is 0 Å². The molecule has 10 heteroatoms. The maximum Gasteiger partial charge on any atom is 0.348 e. The van der Waals surface area contributed by atoms with Gasteiger partial charge < -0.3 is 15.2 Å². The molecule has 6 nitrogen and oxygen atoms in total. The predicted octanol–water partition coefficient (Wildman–Crippen LogP) is 2.57. The molecule has 2 rings (SSSR count). The zero-order valence-corrected chi connectivity index (χ0v) is 12.5. The van der Waals surface area contributed by atoms with Gasteiger partial charge in [-0.3, -0.25) is 5.41 Å². The Kier molecular flexibility index (Phi) is 4.43. The van der Waals surface area contributed by atoms with Crippen molar-refractivity contribution >= 4 is 40.9 Å². The summed E-state index contributed by atoms with van der Waals surface area (Å²) in [6.07, 6.45) is -1.63. The topological polar surface area (TPSA) is 85.7 Å². The van der Waals surface area contributed by atoms with E-state index >= 15 is 0 Å². The monoisotopic (exact) mass is 351 g/mol. The number of hydrogen-bond donors (Lipinski definition) is 3. The number of amidine groups is 1. The first-order chi connectivity index (χ1) is 10.3. The Bertz CT molecular complexity index is 696. The fourth-order valence-corrected chi connectivity index (χ4v) is 2.29. The summed E-state index contributed by atoms with van der Waals surface area (Å²) < 4.78 is 33.6. The van der Waals surface area contributed by atoms with E-state index in [0.717, 1.165) is 6.07 Å². The third kappa shape index (κ3) is 2.55. The largest absolute Gasteiger partial charge is 0.492 e. The molecule has 22 heavy (non-hydrogen) atoms. The Hall–Kier alpha value is -2.06. The molecular formula is C12H9Cl2F2N3O3. The summed E-state index contributed by atoms with van der Waals surface area (Å²) >= 11 is 11.3. The molecule has 1 aliphatic rings. The van der Waals surface area contributed by atoms with E-state index in [9.17, 15) is 13.6 Å². The van der Waals surface area contributed by atoms with E-state index in [4.69, 9.17) is 38.6 Å². The van der Waals surface area contributed by atoms with Crippen LogP contribution in [0.4, 0.5) is 8.78 Å². The Morgan fingerprint density at radius 3 is 2.68 bits per heavy atom. The molecule has 3 N–H and O–H groups in total. The van der Waals surface area contributed by atoms with Crippen LogP contribution in [0.25, 0.3) is 5.70 Å². The summed E-state index contributed by atoms with van der Waals surface area (Å²) in [5.41, 5.74) is -0.860. The van der Waals surface area contributed by atoms with Crippen molar-refractivity contribution in [3.05, 3.63) is 34.4 Å². The van der Waals surface area contributed by atoms with Crippen LogP contribution in [-0.4, -0.2) is 34.6 Å². The lowest BCUT2D eigenvalue weighted by molar-refractivity contribution is -0.141. The van der Waals surface area contributed by atoms with Crippen LogP contribution in [0.5, 0.6) is 5.75 Å². The van der Waals surface area contributed by atoms with Crippen LogP contribution >= 0.6 is 23.4 Å². The first-order valence-corrected chi connectivity index (χ1v) is 6.46. The van der Waals surface area contributed by atoms with Crippen molar-refractivity contribution in [2.24, 2.45) is 0 Å². The lowest BCUT2D eigenvalue weighted by atomic mass is 10.1. The molecule has 0 bridgehead atoms. The van der Waals surface area contributed by atoms with Gasteiger partial charge in [-0.1, -0.05) is 11.6 Å². The lowest BCUT2D eigenvalue weighted by Gasteiger charge is -2.31. The Labute approximate surface area is 133 Å². The summed E-state index contributed by atoms with van der Waals surface area (Å²) in [6.45, 7) is 0. The van der Waals surface area contributed by atoms with Crippen LogP contribution in [0.2, 0.25) is 5.02 Å². The van der Waals surface area contributed by atoms with Gasteiger partial charge in [0.15, 0.2) is 23.2 Å². The predicted molar refractivity (Wildman–Crippen MR) is 76.0 cm³/mol. The van der Waals surface area contributed by atoms with E-state index in [1.807, 2.05) is 0 Å². The van der Waals surface area contributed by atoms with E-state index in [-0.39, 0.29) is 16.3 Å². The number of benzene rings is 1. The van der Waals surface area contributed by atoms with Gasteiger partial charge in [-0.15, -0.1) is 0 Å². The van der Waals surface area contributed by atoms with E-state index in [1.165, 1.54) is 13.2 Å². The molecule has 0 aromatic heterocycles. The number of methoxy groups -OCH3 is 1. The summed E-state index contributed by atoms with van der Waals surface area (Å²) in [6, 6.07) is 2.39. The van der Waals surface area contributed by atoms with E-state index < -0.39 is 35.3 Å². The SMILES string of the molecule is COc1c(Cl)ccc(C2=C(F)C(=N)N(Cl)C(C(=O)O)N2)c1F. The van der Waals surface area contributed by atoms with Crippen molar-refractivity contribution in [3.63, 3.8) is 0 Å². The van der Waals surface area contributed by atoms with E-state index in [1.54, 1.807) is 0 Å². The molecule has 1 aliphatic heterocycles. The molecule has 0 aliphatic carbocycles. The van der Waals surface area contributed by atoms with E-state index in [2.05, 4.69) is 5.32 Å². The molecule has 0 amide bonds. The van der Waals surface area contributed by atoms with Gasteiger partial charge in [0.2, 0.25) is 6.17 Å². The van der Waals surface area contributed by atoms with Crippen LogP contribution in [0.15, 0.2) is 18.0 Å². The third-order valence-electron chi connectivity index (χ3n) is 2.91. The molecule has 0 radical (unpaired) electrons. The number of nitrogens with one attached hydrogen (secondary N) is 2. The van der Waals surface area contributed by atoms with Gasteiger partial charge >= 0.3 is 5.97 Å². The highest BCUT2D eigenvalue weighted by Gasteiger charge is 2.37. The van der Waals surface area contributed by atoms with Crippen LogP contribution in [0, 0.1) is 11.2 Å². The van der Waals surface area contributed by atoms with Gasteiger partial charge in [-0.25, -0.2) is 18.0 Å². The Morgan fingerprint density at radius 1 is 1.50 bits per heavy atom. The number of halogens is 4. The second-order valence-corrected chi connectivity index (χ2v) is 4.95. The number of carbonyl (C=O) groups is 1. The quantitative estimate of drug-likeness (QED) is 0.728. The number of rotatable bonds is 3. The van der Waals surface area contributed by atoms with Gasteiger partial charge in [0.1, 0.15) is 0 Å². The first-order valence-electron chi connectivity index (χ1n) is 5.75. The second-order valence-electron chi connectivity index (χ2n) is 4.18. The van der Waals surface area contributed by atoms with E-state index in [0.29, 0.717) is 4.42 Å². The maximum atomic E-state index is 14.3.